The zero-order valence-electron chi connectivity index (χ0n) is 11.9. The molecule has 1 unspecified atom stereocenters. The van der Waals surface area contributed by atoms with E-state index in [1.165, 1.54) is 6.26 Å². The highest BCUT2D eigenvalue weighted by atomic mass is 35.5. The summed E-state index contributed by atoms with van der Waals surface area (Å²) in [6.07, 6.45) is 4.52. The van der Waals surface area contributed by atoms with Gasteiger partial charge in [-0.2, -0.15) is 0 Å². The van der Waals surface area contributed by atoms with Crippen LogP contribution in [-0.4, -0.2) is 19.7 Å². The van der Waals surface area contributed by atoms with Crippen molar-refractivity contribution in [2.45, 2.75) is 24.4 Å². The maximum Gasteiger partial charge on any atom is 0.175 e. The molecular weight excluding hydrogens is 308 g/mol. The standard InChI is InChI=1S/C15H17ClN2O2S/c1-11(18-9-13-7-8-17-10-15(13)16)12-3-5-14(6-4-12)21(2,19)20/h3-8,10-11,18H,9H2,1-2H3. The van der Waals surface area contributed by atoms with Gasteiger partial charge in [-0.1, -0.05) is 23.7 Å². The van der Waals surface area contributed by atoms with Crippen LogP contribution < -0.4 is 5.32 Å². The Morgan fingerprint density at radius 2 is 1.90 bits per heavy atom. The van der Waals surface area contributed by atoms with Crippen molar-refractivity contribution in [3.8, 4) is 0 Å². The average molecular weight is 325 g/mol. The van der Waals surface area contributed by atoms with E-state index >= 15 is 0 Å². The lowest BCUT2D eigenvalue weighted by Gasteiger charge is -2.15. The van der Waals surface area contributed by atoms with Crippen LogP contribution >= 0.6 is 11.6 Å². The molecule has 0 aliphatic carbocycles. The van der Waals surface area contributed by atoms with Gasteiger partial charge in [0.05, 0.1) is 9.92 Å². The molecule has 2 aromatic rings. The van der Waals surface area contributed by atoms with Gasteiger partial charge in [0.15, 0.2) is 9.84 Å². The molecule has 1 aromatic heterocycles. The molecule has 1 atom stereocenters. The first-order chi connectivity index (χ1) is 9.88. The molecule has 0 amide bonds. The highest BCUT2D eigenvalue weighted by molar-refractivity contribution is 7.90. The van der Waals surface area contributed by atoms with E-state index in [9.17, 15) is 8.42 Å². The van der Waals surface area contributed by atoms with Crippen LogP contribution in [0.25, 0.3) is 0 Å². The maximum atomic E-state index is 11.4. The fourth-order valence-electron chi connectivity index (χ4n) is 1.93. The Labute approximate surface area is 130 Å². The van der Waals surface area contributed by atoms with E-state index in [4.69, 9.17) is 11.6 Å². The largest absolute Gasteiger partial charge is 0.306 e. The SMILES string of the molecule is CC(NCc1ccncc1Cl)c1ccc(S(C)(=O)=O)cc1. The lowest BCUT2D eigenvalue weighted by atomic mass is 10.1. The number of rotatable bonds is 5. The van der Waals surface area contributed by atoms with Crippen LogP contribution in [0.1, 0.15) is 24.1 Å². The van der Waals surface area contributed by atoms with Crippen LogP contribution in [0.15, 0.2) is 47.6 Å². The van der Waals surface area contributed by atoms with Gasteiger partial charge in [0.1, 0.15) is 0 Å². The third kappa shape index (κ3) is 4.27. The van der Waals surface area contributed by atoms with Gasteiger partial charge in [0.2, 0.25) is 0 Å². The highest BCUT2D eigenvalue weighted by Crippen LogP contribution is 2.18. The van der Waals surface area contributed by atoms with E-state index in [1.807, 2.05) is 25.1 Å². The third-order valence-electron chi connectivity index (χ3n) is 3.26. The summed E-state index contributed by atoms with van der Waals surface area (Å²) in [6.45, 7) is 2.64. The molecule has 4 nitrogen and oxygen atoms in total. The second-order valence-corrected chi connectivity index (χ2v) is 7.33. The Kier molecular flexibility index (Phi) is 4.98. The molecule has 2 rings (SSSR count). The molecule has 1 heterocycles. The number of aromatic nitrogens is 1. The summed E-state index contributed by atoms with van der Waals surface area (Å²) < 4.78 is 22.9. The van der Waals surface area contributed by atoms with Gasteiger partial charge < -0.3 is 5.32 Å². The van der Waals surface area contributed by atoms with Crippen molar-refractivity contribution in [3.63, 3.8) is 0 Å². The minimum Gasteiger partial charge on any atom is -0.306 e. The van der Waals surface area contributed by atoms with Crippen LogP contribution in [0.5, 0.6) is 0 Å². The zero-order valence-corrected chi connectivity index (χ0v) is 13.4. The molecule has 0 fully saturated rings. The zero-order chi connectivity index (χ0) is 15.5. The van der Waals surface area contributed by atoms with Crippen LogP contribution in [0.2, 0.25) is 5.02 Å². The molecule has 1 aromatic carbocycles. The van der Waals surface area contributed by atoms with Crippen LogP contribution in [0.4, 0.5) is 0 Å². The summed E-state index contributed by atoms with van der Waals surface area (Å²) in [6, 6.07) is 8.85. The molecule has 0 saturated carbocycles. The van der Waals surface area contributed by atoms with Gasteiger partial charge >= 0.3 is 0 Å². The molecule has 112 valence electrons. The lowest BCUT2D eigenvalue weighted by molar-refractivity contribution is 0.573. The Morgan fingerprint density at radius 1 is 1.24 bits per heavy atom. The highest BCUT2D eigenvalue weighted by Gasteiger charge is 2.10. The van der Waals surface area contributed by atoms with Crippen molar-refractivity contribution in [3.05, 3.63) is 58.9 Å². The normalized spacial score (nSPS) is 13.1. The van der Waals surface area contributed by atoms with Gasteiger partial charge in [-0.05, 0) is 36.2 Å². The molecule has 6 heteroatoms. The smallest absolute Gasteiger partial charge is 0.175 e. The molecule has 0 radical (unpaired) electrons. The van der Waals surface area contributed by atoms with Crippen molar-refractivity contribution in [1.82, 2.24) is 10.3 Å². The van der Waals surface area contributed by atoms with E-state index < -0.39 is 9.84 Å². The molecule has 0 saturated heterocycles. The van der Waals surface area contributed by atoms with Gasteiger partial charge in [-0.25, -0.2) is 8.42 Å². The van der Waals surface area contributed by atoms with Crippen LogP contribution in [0.3, 0.4) is 0 Å². The molecule has 0 bridgehead atoms. The average Bonchev–Trinajstić information content (AvgIpc) is 2.45. The first kappa shape index (κ1) is 15.9. The minimum absolute atomic E-state index is 0.0860. The quantitative estimate of drug-likeness (QED) is 0.918. The Bertz CT molecular complexity index is 715. The minimum atomic E-state index is -3.15. The number of sulfone groups is 1. The molecule has 21 heavy (non-hydrogen) atoms. The van der Waals surface area contributed by atoms with Crippen LogP contribution in [-0.2, 0) is 16.4 Å². The summed E-state index contributed by atoms with van der Waals surface area (Å²) in [5.74, 6) is 0. The summed E-state index contributed by atoms with van der Waals surface area (Å²) in [7, 11) is -3.15. The molecule has 1 N–H and O–H groups in total. The first-order valence-corrected chi connectivity index (χ1v) is 8.76. The molecular formula is C15H17ClN2O2S. The lowest BCUT2D eigenvalue weighted by Crippen LogP contribution is -2.18. The number of nitrogens with zero attached hydrogens (tertiary/aromatic N) is 1. The predicted octanol–water partition coefficient (Wildman–Crippen LogP) is 2.99. The predicted molar refractivity (Wildman–Crippen MR) is 84.1 cm³/mol. The van der Waals surface area contributed by atoms with Gasteiger partial charge in [0.25, 0.3) is 0 Å². The van der Waals surface area contributed by atoms with Crippen LogP contribution in [0, 0.1) is 0 Å². The first-order valence-electron chi connectivity index (χ1n) is 6.49. The van der Waals surface area contributed by atoms with Crippen molar-refractivity contribution in [2.24, 2.45) is 0 Å². The molecule has 0 aliphatic heterocycles. The monoisotopic (exact) mass is 324 g/mol. The van der Waals surface area contributed by atoms with E-state index in [1.54, 1.807) is 24.5 Å². The number of hydrogen-bond donors (Lipinski definition) is 1. The second-order valence-electron chi connectivity index (χ2n) is 4.91. The van der Waals surface area contributed by atoms with Crippen molar-refractivity contribution in [2.75, 3.05) is 6.26 Å². The van der Waals surface area contributed by atoms with E-state index in [0.29, 0.717) is 16.5 Å². The number of benzene rings is 1. The summed E-state index contributed by atoms with van der Waals surface area (Å²) in [5.41, 5.74) is 2.00. The van der Waals surface area contributed by atoms with Crippen molar-refractivity contribution < 1.29 is 8.42 Å². The third-order valence-corrected chi connectivity index (χ3v) is 4.73. The van der Waals surface area contributed by atoms with Gasteiger partial charge in [-0.15, -0.1) is 0 Å². The van der Waals surface area contributed by atoms with Gasteiger partial charge in [-0.3, -0.25) is 4.98 Å². The summed E-state index contributed by atoms with van der Waals surface area (Å²) in [4.78, 5) is 4.28. The Hall–Kier alpha value is -1.43. The Morgan fingerprint density at radius 3 is 2.48 bits per heavy atom. The number of hydrogen-bond acceptors (Lipinski definition) is 4. The van der Waals surface area contributed by atoms with Crippen molar-refractivity contribution in [1.29, 1.82) is 0 Å². The topological polar surface area (TPSA) is 59.1 Å². The second kappa shape index (κ2) is 6.56. The number of nitrogens with one attached hydrogen (secondary N) is 1. The van der Waals surface area contributed by atoms with E-state index in [2.05, 4.69) is 10.3 Å². The fourth-order valence-corrected chi connectivity index (χ4v) is 2.75. The number of halogens is 1. The molecule has 0 aliphatic rings. The van der Waals surface area contributed by atoms with Gasteiger partial charge in [0, 0.05) is 31.2 Å². The fraction of sp³-hybridized carbons (Fsp3) is 0.267. The number of pyridine rings is 1. The molecule has 0 spiro atoms. The maximum absolute atomic E-state index is 11.4. The van der Waals surface area contributed by atoms with Crippen molar-refractivity contribution >= 4 is 21.4 Å². The Balaban J connectivity index is 2.04. The summed E-state index contributed by atoms with van der Waals surface area (Å²) >= 11 is 6.06. The summed E-state index contributed by atoms with van der Waals surface area (Å²) in [5, 5.41) is 3.98. The van der Waals surface area contributed by atoms with E-state index in [-0.39, 0.29) is 6.04 Å². The van der Waals surface area contributed by atoms with E-state index in [0.717, 1.165) is 11.1 Å².